The van der Waals surface area contributed by atoms with Crippen molar-refractivity contribution in [1.29, 1.82) is 0 Å². The van der Waals surface area contributed by atoms with E-state index >= 15 is 0 Å². The van der Waals surface area contributed by atoms with Gasteiger partial charge in [0.1, 0.15) is 29.4 Å². The lowest BCUT2D eigenvalue weighted by Gasteiger charge is -2.12. The smallest absolute Gasteiger partial charge is 0.193 e. The molecule has 0 spiro atoms. The maximum absolute atomic E-state index is 10.0. The van der Waals surface area contributed by atoms with Crippen LogP contribution in [0.25, 0.3) is 5.65 Å². The van der Waals surface area contributed by atoms with Gasteiger partial charge in [0.25, 0.3) is 0 Å². The monoisotopic (exact) mass is 298 g/mol. The quantitative estimate of drug-likeness (QED) is 0.618. The molecule has 8 nitrogen and oxygen atoms in total. The number of fused-ring (bicyclic) bond motifs is 1. The number of aliphatic hydroxyl groups is 3. The standard InChI is InChI=1S/C11H14N4O4S/c1-20-11-10-14-13-9(15(10)3-2-12-11)8-7(18)6(17)5(4-16)19-8/h2-3,5-8,16-18H,4H2,1H3/t5-,6-,7-,8-/m1/s1. The SMILES string of the molecule is CSc1nccn2c([C@@H]3O[C@H](CO)[C@@H](O)[C@H]3O)nnc12. The summed E-state index contributed by atoms with van der Waals surface area (Å²) in [6, 6.07) is 0. The summed E-state index contributed by atoms with van der Waals surface area (Å²) >= 11 is 1.43. The Morgan fingerprint density at radius 1 is 1.35 bits per heavy atom. The first kappa shape index (κ1) is 13.7. The summed E-state index contributed by atoms with van der Waals surface area (Å²) < 4.78 is 7.13. The van der Waals surface area contributed by atoms with E-state index in [1.165, 1.54) is 11.8 Å². The maximum atomic E-state index is 10.0. The highest BCUT2D eigenvalue weighted by atomic mass is 32.2. The molecule has 108 valence electrons. The molecule has 20 heavy (non-hydrogen) atoms. The molecule has 2 aromatic heterocycles. The zero-order chi connectivity index (χ0) is 14.3. The molecular formula is C11H14N4O4S. The van der Waals surface area contributed by atoms with Gasteiger partial charge in [-0.15, -0.1) is 22.0 Å². The molecule has 0 amide bonds. The number of ether oxygens (including phenoxy) is 1. The largest absolute Gasteiger partial charge is 0.394 e. The van der Waals surface area contributed by atoms with Crippen LogP contribution in [0.15, 0.2) is 17.4 Å². The molecule has 3 heterocycles. The highest BCUT2D eigenvalue weighted by molar-refractivity contribution is 7.98. The molecule has 0 aliphatic carbocycles. The Labute approximate surface area is 118 Å². The average molecular weight is 298 g/mol. The van der Waals surface area contributed by atoms with E-state index in [4.69, 9.17) is 9.84 Å². The van der Waals surface area contributed by atoms with E-state index in [1.54, 1.807) is 16.8 Å². The lowest BCUT2D eigenvalue weighted by molar-refractivity contribution is -0.0255. The normalized spacial score (nSPS) is 30.2. The van der Waals surface area contributed by atoms with Crippen molar-refractivity contribution in [1.82, 2.24) is 19.6 Å². The van der Waals surface area contributed by atoms with E-state index in [-0.39, 0.29) is 6.61 Å². The second kappa shape index (κ2) is 5.26. The van der Waals surface area contributed by atoms with Crippen LogP contribution < -0.4 is 0 Å². The molecule has 0 bridgehead atoms. The Kier molecular flexibility index (Phi) is 3.61. The fourth-order valence-corrected chi connectivity index (χ4v) is 2.76. The number of nitrogens with zero attached hydrogens (tertiary/aromatic N) is 4. The summed E-state index contributed by atoms with van der Waals surface area (Å²) in [6.07, 6.45) is 1.16. The van der Waals surface area contributed by atoms with Crippen LogP contribution >= 0.6 is 11.8 Å². The Balaban J connectivity index is 2.03. The molecule has 2 aromatic rings. The van der Waals surface area contributed by atoms with Gasteiger partial charge in [-0.25, -0.2) is 4.98 Å². The van der Waals surface area contributed by atoms with Crippen LogP contribution in [0.2, 0.25) is 0 Å². The lowest BCUT2D eigenvalue weighted by atomic mass is 10.1. The summed E-state index contributed by atoms with van der Waals surface area (Å²) in [6.45, 7) is -0.372. The van der Waals surface area contributed by atoms with Crippen LogP contribution in [0.3, 0.4) is 0 Å². The summed E-state index contributed by atoms with van der Waals surface area (Å²) in [7, 11) is 0. The van der Waals surface area contributed by atoms with Crippen LogP contribution in [0.1, 0.15) is 11.9 Å². The van der Waals surface area contributed by atoms with E-state index in [9.17, 15) is 10.2 Å². The first-order valence-corrected chi connectivity index (χ1v) is 7.26. The maximum Gasteiger partial charge on any atom is 0.193 e. The molecule has 4 atom stereocenters. The van der Waals surface area contributed by atoms with Crippen molar-refractivity contribution in [2.75, 3.05) is 12.9 Å². The highest BCUT2D eigenvalue weighted by Crippen LogP contribution is 2.33. The van der Waals surface area contributed by atoms with Crippen molar-refractivity contribution in [3.63, 3.8) is 0 Å². The summed E-state index contributed by atoms with van der Waals surface area (Å²) in [5.74, 6) is 0.375. The predicted molar refractivity (Wildman–Crippen MR) is 69.3 cm³/mol. The van der Waals surface area contributed by atoms with Crippen molar-refractivity contribution in [3.8, 4) is 0 Å². The molecule has 1 aliphatic heterocycles. The second-order valence-electron chi connectivity index (χ2n) is 4.45. The van der Waals surface area contributed by atoms with Gasteiger partial charge in [-0.2, -0.15) is 0 Å². The Morgan fingerprint density at radius 3 is 2.80 bits per heavy atom. The molecule has 0 unspecified atom stereocenters. The first-order valence-electron chi connectivity index (χ1n) is 6.03. The van der Waals surface area contributed by atoms with Gasteiger partial charge >= 0.3 is 0 Å². The van der Waals surface area contributed by atoms with Crippen molar-refractivity contribution in [2.45, 2.75) is 29.4 Å². The molecule has 0 radical (unpaired) electrons. The molecule has 3 rings (SSSR count). The predicted octanol–water partition coefficient (Wildman–Crippen LogP) is -1.000. The minimum absolute atomic E-state index is 0.372. The second-order valence-corrected chi connectivity index (χ2v) is 5.24. The van der Waals surface area contributed by atoms with Crippen molar-refractivity contribution >= 4 is 17.4 Å². The minimum atomic E-state index is -1.16. The number of thioether (sulfide) groups is 1. The van der Waals surface area contributed by atoms with Crippen LogP contribution in [0.4, 0.5) is 0 Å². The third-order valence-corrected chi connectivity index (χ3v) is 3.99. The Morgan fingerprint density at radius 2 is 2.15 bits per heavy atom. The highest BCUT2D eigenvalue weighted by Gasteiger charge is 2.45. The minimum Gasteiger partial charge on any atom is -0.394 e. The van der Waals surface area contributed by atoms with E-state index in [0.717, 1.165) is 0 Å². The topological polar surface area (TPSA) is 113 Å². The van der Waals surface area contributed by atoms with Gasteiger partial charge in [0, 0.05) is 12.4 Å². The molecule has 1 aliphatic rings. The summed E-state index contributed by atoms with van der Waals surface area (Å²) in [5, 5.41) is 37.7. The molecule has 1 saturated heterocycles. The van der Waals surface area contributed by atoms with Gasteiger partial charge in [0.2, 0.25) is 0 Å². The van der Waals surface area contributed by atoms with Gasteiger partial charge < -0.3 is 20.1 Å². The third kappa shape index (κ3) is 1.98. The van der Waals surface area contributed by atoms with Crippen LogP contribution in [0.5, 0.6) is 0 Å². The van der Waals surface area contributed by atoms with Crippen molar-refractivity contribution in [3.05, 3.63) is 18.2 Å². The van der Waals surface area contributed by atoms with Gasteiger partial charge in [0.15, 0.2) is 11.5 Å². The van der Waals surface area contributed by atoms with Crippen LogP contribution in [-0.2, 0) is 4.74 Å². The number of hydrogen-bond acceptors (Lipinski definition) is 8. The van der Waals surface area contributed by atoms with E-state index in [2.05, 4.69) is 15.2 Å². The molecular weight excluding hydrogens is 284 g/mol. The third-order valence-electron chi connectivity index (χ3n) is 3.31. The molecule has 0 aromatic carbocycles. The van der Waals surface area contributed by atoms with Gasteiger partial charge in [-0.1, -0.05) is 0 Å². The zero-order valence-electron chi connectivity index (χ0n) is 10.6. The zero-order valence-corrected chi connectivity index (χ0v) is 11.4. The van der Waals surface area contributed by atoms with Crippen LogP contribution in [-0.4, -0.2) is 66.1 Å². The number of hydrogen-bond donors (Lipinski definition) is 3. The Bertz CT molecular complexity index is 621. The first-order chi connectivity index (χ1) is 9.67. The van der Waals surface area contributed by atoms with Crippen LogP contribution in [0, 0.1) is 0 Å². The lowest BCUT2D eigenvalue weighted by Crippen LogP contribution is -2.32. The van der Waals surface area contributed by atoms with Gasteiger partial charge in [-0.05, 0) is 6.26 Å². The average Bonchev–Trinajstić information content (AvgIpc) is 3.01. The molecule has 1 fully saturated rings. The fourth-order valence-electron chi connectivity index (χ4n) is 2.27. The molecule has 0 saturated carbocycles. The summed E-state index contributed by atoms with van der Waals surface area (Å²) in [4.78, 5) is 4.18. The van der Waals surface area contributed by atoms with Gasteiger partial charge in [-0.3, -0.25) is 4.40 Å². The number of aliphatic hydroxyl groups excluding tert-OH is 3. The number of aromatic nitrogens is 4. The summed E-state index contributed by atoms with van der Waals surface area (Å²) in [5.41, 5.74) is 0.563. The number of rotatable bonds is 3. The Hall–Kier alpha value is -1.26. The van der Waals surface area contributed by atoms with Gasteiger partial charge in [0.05, 0.1) is 6.61 Å². The molecule has 9 heteroatoms. The van der Waals surface area contributed by atoms with E-state index in [0.29, 0.717) is 16.5 Å². The fraction of sp³-hybridized carbons (Fsp3) is 0.545. The van der Waals surface area contributed by atoms with Crippen molar-refractivity contribution < 1.29 is 20.1 Å². The van der Waals surface area contributed by atoms with Crippen molar-refractivity contribution in [2.24, 2.45) is 0 Å². The van der Waals surface area contributed by atoms with E-state index < -0.39 is 24.4 Å². The van der Waals surface area contributed by atoms with E-state index in [1.807, 2.05) is 6.26 Å². The molecule has 3 N–H and O–H groups in total.